The number of nitrogens with zero attached hydrogens (tertiary/aromatic N) is 3. The molecule has 3 rings (SSSR count). The summed E-state index contributed by atoms with van der Waals surface area (Å²) in [6, 6.07) is 4.63. The molecule has 0 aliphatic carbocycles. The molecule has 168 valence electrons. The van der Waals surface area contributed by atoms with Crippen LogP contribution >= 0.6 is 11.6 Å². The maximum atomic E-state index is 13.8. The van der Waals surface area contributed by atoms with Crippen LogP contribution in [0.4, 0.5) is 22.4 Å². The fraction of sp³-hybridized carbons (Fsp3) is 0.300. The van der Waals surface area contributed by atoms with Crippen LogP contribution in [0.1, 0.15) is 35.5 Å². The highest BCUT2D eigenvalue weighted by molar-refractivity contribution is 6.31. The van der Waals surface area contributed by atoms with E-state index < -0.39 is 35.8 Å². The third-order valence-corrected chi connectivity index (χ3v) is 5.23. The average Bonchev–Trinajstić information content (AvgIpc) is 2.74. The first-order chi connectivity index (χ1) is 15.0. The van der Waals surface area contributed by atoms with Crippen molar-refractivity contribution >= 4 is 23.5 Å². The zero-order chi connectivity index (χ0) is 23.6. The molecule has 1 aromatic carbocycles. The monoisotopic (exact) mass is 469 g/mol. The standard InChI is InChI=1S/C20H16ClF4N5O2/c1-10-18(31)27-6-7-30(10)19(32)29-16(11-2-3-13(21)12(8-11)9-26)15-5-4-14(22)17(28-15)20(23,24)25/h2-5,8,10,16H,6-7H2,1H3,(H,27,31)(H,29,32)/t10-,16?/m1/s1. The van der Waals surface area contributed by atoms with Crippen LogP contribution in [0.5, 0.6) is 0 Å². The molecule has 2 N–H and O–H groups in total. The number of hydrogen-bond acceptors (Lipinski definition) is 4. The second-order valence-electron chi connectivity index (χ2n) is 6.96. The third-order valence-electron chi connectivity index (χ3n) is 4.90. The van der Waals surface area contributed by atoms with E-state index in [4.69, 9.17) is 11.6 Å². The number of halogens is 5. The minimum Gasteiger partial charge on any atom is -0.353 e. The van der Waals surface area contributed by atoms with Gasteiger partial charge < -0.3 is 15.5 Å². The molecule has 1 aliphatic rings. The first kappa shape index (κ1) is 23.3. The summed E-state index contributed by atoms with van der Waals surface area (Å²) < 4.78 is 53.4. The molecule has 0 radical (unpaired) electrons. The summed E-state index contributed by atoms with van der Waals surface area (Å²) in [7, 11) is 0. The lowest BCUT2D eigenvalue weighted by molar-refractivity contribution is -0.143. The average molecular weight is 470 g/mol. The van der Waals surface area contributed by atoms with Crippen LogP contribution in [0.15, 0.2) is 30.3 Å². The van der Waals surface area contributed by atoms with Crippen molar-refractivity contribution in [2.75, 3.05) is 13.1 Å². The highest BCUT2D eigenvalue weighted by atomic mass is 35.5. The fourth-order valence-corrected chi connectivity index (χ4v) is 3.38. The molecule has 3 amide bonds. The van der Waals surface area contributed by atoms with E-state index in [-0.39, 0.29) is 40.8 Å². The molecule has 0 spiro atoms. The molecule has 1 saturated heterocycles. The lowest BCUT2D eigenvalue weighted by Gasteiger charge is -2.34. The number of carbonyl (C=O) groups is 2. The van der Waals surface area contributed by atoms with E-state index in [0.29, 0.717) is 6.07 Å². The zero-order valence-corrected chi connectivity index (χ0v) is 17.3. The summed E-state index contributed by atoms with van der Waals surface area (Å²) in [4.78, 5) is 29.4. The highest BCUT2D eigenvalue weighted by Crippen LogP contribution is 2.32. The minimum absolute atomic E-state index is 0.0206. The van der Waals surface area contributed by atoms with E-state index in [9.17, 15) is 32.4 Å². The number of aromatic nitrogens is 1. The van der Waals surface area contributed by atoms with E-state index in [1.165, 1.54) is 30.0 Å². The SMILES string of the molecule is C[C@@H]1C(=O)NCCN1C(=O)NC(c1ccc(Cl)c(C#N)c1)c1ccc(F)c(C(F)(F)F)n1. The number of rotatable bonds is 3. The Hall–Kier alpha value is -3.39. The maximum Gasteiger partial charge on any atom is 0.436 e. The van der Waals surface area contributed by atoms with Crippen LogP contribution in [0.2, 0.25) is 5.02 Å². The van der Waals surface area contributed by atoms with Crippen LogP contribution in [0, 0.1) is 17.1 Å². The topological polar surface area (TPSA) is 98.1 Å². The van der Waals surface area contributed by atoms with Gasteiger partial charge in [0.2, 0.25) is 5.91 Å². The number of carbonyl (C=O) groups excluding carboxylic acids is 2. The lowest BCUT2D eigenvalue weighted by atomic mass is 10.0. The van der Waals surface area contributed by atoms with E-state index in [0.717, 1.165) is 6.07 Å². The summed E-state index contributed by atoms with van der Waals surface area (Å²) in [5.74, 6) is -1.96. The van der Waals surface area contributed by atoms with Gasteiger partial charge >= 0.3 is 12.2 Å². The van der Waals surface area contributed by atoms with Crippen molar-refractivity contribution in [1.29, 1.82) is 5.26 Å². The summed E-state index contributed by atoms with van der Waals surface area (Å²) in [5.41, 5.74) is -1.84. The number of hydrogen-bond donors (Lipinski definition) is 2. The largest absolute Gasteiger partial charge is 0.436 e. The Balaban J connectivity index is 2.06. The van der Waals surface area contributed by atoms with Gasteiger partial charge in [0.15, 0.2) is 11.5 Å². The Kier molecular flexibility index (Phi) is 6.55. The quantitative estimate of drug-likeness (QED) is 0.673. The number of amides is 3. The Bertz CT molecular complexity index is 1100. The van der Waals surface area contributed by atoms with E-state index >= 15 is 0 Å². The predicted octanol–water partition coefficient (Wildman–Crippen LogP) is 3.38. The Morgan fingerprint density at radius 1 is 1.38 bits per heavy atom. The molecule has 1 aliphatic heterocycles. The second kappa shape index (κ2) is 9.00. The smallest absolute Gasteiger partial charge is 0.353 e. The van der Waals surface area contributed by atoms with Gasteiger partial charge in [0.05, 0.1) is 22.3 Å². The summed E-state index contributed by atoms with van der Waals surface area (Å²) in [5, 5.41) is 14.5. The van der Waals surface area contributed by atoms with Gasteiger partial charge in [-0.1, -0.05) is 17.7 Å². The normalized spacial score (nSPS) is 17.3. The van der Waals surface area contributed by atoms with E-state index in [1.54, 1.807) is 0 Å². The Labute approximate surface area is 185 Å². The van der Waals surface area contributed by atoms with Crippen LogP contribution < -0.4 is 10.6 Å². The van der Waals surface area contributed by atoms with Crippen molar-refractivity contribution in [2.24, 2.45) is 0 Å². The molecule has 2 heterocycles. The molecule has 2 aromatic rings. The van der Waals surface area contributed by atoms with Gasteiger partial charge in [-0.25, -0.2) is 14.2 Å². The molecule has 7 nitrogen and oxygen atoms in total. The van der Waals surface area contributed by atoms with Gasteiger partial charge in [0.1, 0.15) is 12.1 Å². The van der Waals surface area contributed by atoms with Crippen LogP contribution in [0.25, 0.3) is 0 Å². The van der Waals surface area contributed by atoms with Crippen LogP contribution in [0.3, 0.4) is 0 Å². The molecular formula is C20H16ClF4N5O2. The van der Waals surface area contributed by atoms with Gasteiger partial charge in [0.25, 0.3) is 0 Å². The van der Waals surface area contributed by atoms with Crippen molar-refractivity contribution in [2.45, 2.75) is 25.2 Å². The first-order valence-corrected chi connectivity index (χ1v) is 9.68. The van der Waals surface area contributed by atoms with Crippen molar-refractivity contribution < 1.29 is 27.2 Å². The molecular weight excluding hydrogens is 454 g/mol. The molecule has 12 heteroatoms. The van der Waals surface area contributed by atoms with Crippen LogP contribution in [-0.2, 0) is 11.0 Å². The Morgan fingerprint density at radius 2 is 2.09 bits per heavy atom. The van der Waals surface area contributed by atoms with Gasteiger partial charge in [-0.2, -0.15) is 18.4 Å². The van der Waals surface area contributed by atoms with Crippen molar-refractivity contribution in [3.63, 3.8) is 0 Å². The minimum atomic E-state index is -5.06. The highest BCUT2D eigenvalue weighted by Gasteiger charge is 2.38. The van der Waals surface area contributed by atoms with Crippen molar-refractivity contribution in [3.05, 3.63) is 63.7 Å². The molecule has 0 bridgehead atoms. The van der Waals surface area contributed by atoms with E-state index in [2.05, 4.69) is 15.6 Å². The Morgan fingerprint density at radius 3 is 2.75 bits per heavy atom. The molecule has 1 fully saturated rings. The lowest BCUT2D eigenvalue weighted by Crippen LogP contribution is -2.58. The molecule has 1 aromatic heterocycles. The molecule has 1 unspecified atom stereocenters. The number of benzene rings is 1. The summed E-state index contributed by atoms with van der Waals surface area (Å²) in [6.07, 6.45) is -5.06. The number of nitrogens with one attached hydrogen (secondary N) is 2. The summed E-state index contributed by atoms with van der Waals surface area (Å²) >= 11 is 5.94. The number of pyridine rings is 1. The molecule has 0 saturated carbocycles. The number of nitriles is 1. The first-order valence-electron chi connectivity index (χ1n) is 9.31. The van der Waals surface area contributed by atoms with Gasteiger partial charge in [0, 0.05) is 13.1 Å². The van der Waals surface area contributed by atoms with Gasteiger partial charge in [-0.05, 0) is 36.8 Å². The fourth-order valence-electron chi connectivity index (χ4n) is 3.22. The number of piperazine rings is 1. The van der Waals surface area contributed by atoms with Gasteiger partial charge in [-0.3, -0.25) is 4.79 Å². The van der Waals surface area contributed by atoms with Crippen molar-refractivity contribution in [1.82, 2.24) is 20.5 Å². The van der Waals surface area contributed by atoms with E-state index in [1.807, 2.05) is 6.07 Å². The number of urea groups is 1. The van der Waals surface area contributed by atoms with Gasteiger partial charge in [-0.15, -0.1) is 0 Å². The third kappa shape index (κ3) is 4.75. The molecule has 2 atom stereocenters. The maximum absolute atomic E-state index is 13.8. The van der Waals surface area contributed by atoms with Crippen molar-refractivity contribution in [3.8, 4) is 6.07 Å². The predicted molar refractivity (Wildman–Crippen MR) is 105 cm³/mol. The zero-order valence-electron chi connectivity index (χ0n) is 16.5. The van der Waals surface area contributed by atoms with Crippen LogP contribution in [-0.4, -0.2) is 41.0 Å². The second-order valence-corrected chi connectivity index (χ2v) is 7.37. The summed E-state index contributed by atoms with van der Waals surface area (Å²) in [6.45, 7) is 1.87. The molecule has 32 heavy (non-hydrogen) atoms. The number of alkyl halides is 3.